The minimum absolute atomic E-state index is 0.0271. The van der Waals surface area contributed by atoms with E-state index < -0.39 is 6.04 Å². The third-order valence-corrected chi connectivity index (χ3v) is 5.45. The average molecular weight is 374 g/mol. The summed E-state index contributed by atoms with van der Waals surface area (Å²) < 4.78 is 0. The van der Waals surface area contributed by atoms with E-state index in [1.807, 2.05) is 50.1 Å². The summed E-state index contributed by atoms with van der Waals surface area (Å²) in [5.74, 6) is -0.121. The zero-order valence-corrected chi connectivity index (χ0v) is 17.6. The van der Waals surface area contributed by atoms with E-state index in [0.717, 1.165) is 25.9 Å². The highest BCUT2D eigenvalue weighted by Gasteiger charge is 2.31. The minimum Gasteiger partial charge on any atom is -0.341 e. The van der Waals surface area contributed by atoms with E-state index in [4.69, 9.17) is 0 Å². The second-order valence-electron chi connectivity index (χ2n) is 8.91. The quantitative estimate of drug-likeness (QED) is 0.834. The molecule has 0 bridgehead atoms. The standard InChI is InChI=1S/C22H35N3O2/c1-15(2)19(21(27)25-13-11-18(23-6)12-14-25)24-20(26)16-7-9-17(10-8-16)22(3,4)5/h7-10,15,18-19,23H,11-14H2,1-6H3,(H,24,26). The highest BCUT2D eigenvalue weighted by atomic mass is 16.2. The van der Waals surface area contributed by atoms with Crippen LogP contribution in [0.15, 0.2) is 24.3 Å². The molecule has 27 heavy (non-hydrogen) atoms. The van der Waals surface area contributed by atoms with Crippen LogP contribution in [-0.2, 0) is 10.2 Å². The summed E-state index contributed by atoms with van der Waals surface area (Å²) in [4.78, 5) is 27.6. The molecule has 1 heterocycles. The molecule has 0 aromatic heterocycles. The molecule has 1 aromatic carbocycles. The van der Waals surface area contributed by atoms with Gasteiger partial charge in [-0.25, -0.2) is 0 Å². The monoisotopic (exact) mass is 373 g/mol. The van der Waals surface area contributed by atoms with Gasteiger partial charge in [0.25, 0.3) is 5.91 Å². The summed E-state index contributed by atoms with van der Waals surface area (Å²) in [6.45, 7) is 11.9. The summed E-state index contributed by atoms with van der Waals surface area (Å²) in [5.41, 5.74) is 1.82. The van der Waals surface area contributed by atoms with Crippen molar-refractivity contribution in [2.24, 2.45) is 5.92 Å². The Kier molecular flexibility index (Phi) is 7.04. The molecule has 150 valence electrons. The second kappa shape index (κ2) is 8.87. The van der Waals surface area contributed by atoms with Crippen molar-refractivity contribution in [2.45, 2.75) is 65.0 Å². The van der Waals surface area contributed by atoms with Crippen LogP contribution in [0.25, 0.3) is 0 Å². The van der Waals surface area contributed by atoms with Crippen molar-refractivity contribution in [3.8, 4) is 0 Å². The molecule has 1 saturated heterocycles. The average Bonchev–Trinajstić information content (AvgIpc) is 2.64. The summed E-state index contributed by atoms with van der Waals surface area (Å²) in [7, 11) is 1.96. The van der Waals surface area contributed by atoms with Crippen LogP contribution in [0.2, 0.25) is 0 Å². The molecule has 1 atom stereocenters. The zero-order chi connectivity index (χ0) is 20.2. The zero-order valence-electron chi connectivity index (χ0n) is 17.6. The molecule has 0 radical (unpaired) electrons. The Balaban J connectivity index is 2.05. The Hall–Kier alpha value is -1.88. The van der Waals surface area contributed by atoms with E-state index in [0.29, 0.717) is 11.6 Å². The van der Waals surface area contributed by atoms with Crippen LogP contribution in [0, 0.1) is 5.92 Å². The lowest BCUT2D eigenvalue weighted by atomic mass is 9.86. The summed E-state index contributed by atoms with van der Waals surface area (Å²) in [6.07, 6.45) is 1.91. The lowest BCUT2D eigenvalue weighted by Gasteiger charge is -2.35. The third kappa shape index (κ3) is 5.55. The molecule has 2 amide bonds. The van der Waals surface area contributed by atoms with Gasteiger partial charge < -0.3 is 15.5 Å². The molecule has 1 unspecified atom stereocenters. The van der Waals surface area contributed by atoms with Gasteiger partial charge in [-0.3, -0.25) is 9.59 Å². The minimum atomic E-state index is -0.495. The van der Waals surface area contributed by atoms with Gasteiger partial charge in [0.1, 0.15) is 6.04 Å². The number of nitrogens with zero attached hydrogens (tertiary/aromatic N) is 1. The highest BCUT2D eigenvalue weighted by molar-refractivity contribution is 5.97. The molecular formula is C22H35N3O2. The summed E-state index contributed by atoms with van der Waals surface area (Å²) >= 11 is 0. The topological polar surface area (TPSA) is 61.4 Å². The molecule has 0 spiro atoms. The van der Waals surface area contributed by atoms with Crippen LogP contribution in [0.1, 0.15) is 63.4 Å². The SMILES string of the molecule is CNC1CCN(C(=O)C(NC(=O)c2ccc(C(C)(C)C)cc2)C(C)C)CC1. The molecule has 2 N–H and O–H groups in total. The Morgan fingerprint density at radius 1 is 1.07 bits per heavy atom. The molecule has 1 aliphatic heterocycles. The smallest absolute Gasteiger partial charge is 0.251 e. The maximum atomic E-state index is 13.0. The predicted octanol–water partition coefficient (Wildman–Crippen LogP) is 2.95. The lowest BCUT2D eigenvalue weighted by molar-refractivity contribution is -0.135. The van der Waals surface area contributed by atoms with Gasteiger partial charge in [-0.1, -0.05) is 46.8 Å². The number of hydrogen-bond donors (Lipinski definition) is 2. The fraction of sp³-hybridized carbons (Fsp3) is 0.636. The Bertz CT molecular complexity index is 639. The number of carbonyl (C=O) groups excluding carboxylic acids is 2. The van der Waals surface area contributed by atoms with Crippen molar-refractivity contribution in [2.75, 3.05) is 20.1 Å². The predicted molar refractivity (Wildman–Crippen MR) is 110 cm³/mol. The van der Waals surface area contributed by atoms with Gasteiger partial charge in [-0.2, -0.15) is 0 Å². The van der Waals surface area contributed by atoms with Gasteiger partial charge in [0.15, 0.2) is 0 Å². The van der Waals surface area contributed by atoms with Gasteiger partial charge in [-0.15, -0.1) is 0 Å². The Morgan fingerprint density at radius 2 is 1.63 bits per heavy atom. The van der Waals surface area contributed by atoms with Crippen LogP contribution in [0.5, 0.6) is 0 Å². The van der Waals surface area contributed by atoms with Crippen LogP contribution in [0.4, 0.5) is 0 Å². The van der Waals surface area contributed by atoms with Crippen molar-refractivity contribution in [1.82, 2.24) is 15.5 Å². The first-order valence-corrected chi connectivity index (χ1v) is 10.0. The van der Waals surface area contributed by atoms with Crippen molar-refractivity contribution in [3.63, 3.8) is 0 Å². The van der Waals surface area contributed by atoms with Gasteiger partial charge in [-0.05, 0) is 48.9 Å². The molecule has 0 saturated carbocycles. The normalized spacial score (nSPS) is 17.1. The van der Waals surface area contributed by atoms with Gasteiger partial charge in [0.05, 0.1) is 0 Å². The highest BCUT2D eigenvalue weighted by Crippen LogP contribution is 2.22. The number of rotatable bonds is 5. The Labute approximate surface area is 163 Å². The maximum absolute atomic E-state index is 13.0. The molecule has 1 aliphatic rings. The van der Waals surface area contributed by atoms with Gasteiger partial charge >= 0.3 is 0 Å². The van der Waals surface area contributed by atoms with E-state index in [9.17, 15) is 9.59 Å². The molecule has 0 aliphatic carbocycles. The number of nitrogens with one attached hydrogen (secondary N) is 2. The first-order valence-electron chi connectivity index (χ1n) is 10.0. The third-order valence-electron chi connectivity index (χ3n) is 5.45. The summed E-state index contributed by atoms with van der Waals surface area (Å²) in [5, 5.41) is 6.24. The van der Waals surface area contributed by atoms with E-state index in [-0.39, 0.29) is 23.1 Å². The number of likely N-dealkylation sites (tertiary alicyclic amines) is 1. The fourth-order valence-electron chi connectivity index (χ4n) is 3.44. The van der Waals surface area contributed by atoms with Crippen molar-refractivity contribution < 1.29 is 9.59 Å². The number of amides is 2. The molecule has 1 fully saturated rings. The fourth-order valence-corrected chi connectivity index (χ4v) is 3.44. The first-order chi connectivity index (χ1) is 12.6. The van der Waals surface area contributed by atoms with Gasteiger partial charge in [0.2, 0.25) is 5.91 Å². The second-order valence-corrected chi connectivity index (χ2v) is 8.91. The van der Waals surface area contributed by atoms with Crippen LogP contribution >= 0.6 is 0 Å². The molecule has 1 aromatic rings. The Morgan fingerprint density at radius 3 is 2.07 bits per heavy atom. The largest absolute Gasteiger partial charge is 0.341 e. The number of piperidine rings is 1. The van der Waals surface area contributed by atoms with Crippen molar-refractivity contribution in [1.29, 1.82) is 0 Å². The maximum Gasteiger partial charge on any atom is 0.251 e. The number of carbonyl (C=O) groups is 2. The van der Waals surface area contributed by atoms with E-state index in [2.05, 4.69) is 31.4 Å². The van der Waals surface area contributed by atoms with E-state index in [1.54, 1.807) is 0 Å². The number of benzene rings is 1. The van der Waals surface area contributed by atoms with Crippen LogP contribution < -0.4 is 10.6 Å². The lowest BCUT2D eigenvalue weighted by Crippen LogP contribution is -2.54. The molecule has 5 nitrogen and oxygen atoms in total. The van der Waals surface area contributed by atoms with Crippen LogP contribution in [-0.4, -0.2) is 48.9 Å². The summed E-state index contributed by atoms with van der Waals surface area (Å²) in [6, 6.07) is 7.65. The van der Waals surface area contributed by atoms with E-state index >= 15 is 0 Å². The van der Waals surface area contributed by atoms with Crippen LogP contribution in [0.3, 0.4) is 0 Å². The molecule has 5 heteroatoms. The van der Waals surface area contributed by atoms with Crippen molar-refractivity contribution >= 4 is 11.8 Å². The number of hydrogen-bond acceptors (Lipinski definition) is 3. The molecular weight excluding hydrogens is 338 g/mol. The first kappa shape index (κ1) is 21.4. The van der Waals surface area contributed by atoms with Gasteiger partial charge in [0, 0.05) is 24.7 Å². The molecule has 2 rings (SSSR count). The van der Waals surface area contributed by atoms with E-state index in [1.165, 1.54) is 5.56 Å². The van der Waals surface area contributed by atoms with Crippen molar-refractivity contribution in [3.05, 3.63) is 35.4 Å².